The van der Waals surface area contributed by atoms with E-state index >= 15 is 0 Å². The number of fused-ring (bicyclic) bond motifs is 1. The van der Waals surface area contributed by atoms with E-state index in [4.69, 9.17) is 4.74 Å². The van der Waals surface area contributed by atoms with Crippen LogP contribution in [0.1, 0.15) is 36.2 Å². The summed E-state index contributed by atoms with van der Waals surface area (Å²) in [4.78, 5) is 45.1. The van der Waals surface area contributed by atoms with Crippen molar-refractivity contribution >= 4 is 83.9 Å². The second-order valence-corrected chi connectivity index (χ2v) is 13.2. The van der Waals surface area contributed by atoms with Crippen LogP contribution in [0.5, 0.6) is 5.75 Å². The average Bonchev–Trinajstić information content (AvgIpc) is 3.45. The Morgan fingerprint density at radius 2 is 1.74 bits per heavy atom. The molecule has 0 fully saturated rings. The fourth-order valence-electron chi connectivity index (χ4n) is 4.44. The molecule has 5 rings (SSSR count). The van der Waals surface area contributed by atoms with Crippen molar-refractivity contribution < 1.29 is 19.1 Å². The largest absolute Gasteiger partial charge is 0.494 e. The van der Waals surface area contributed by atoms with Crippen LogP contribution in [-0.2, 0) is 9.59 Å². The van der Waals surface area contributed by atoms with Crippen molar-refractivity contribution in [3.05, 3.63) is 118 Å². The molecule has 0 saturated carbocycles. The molecule has 1 heterocycles. The number of amides is 3. The lowest BCUT2D eigenvalue weighted by molar-refractivity contribution is -0.116. The maximum atomic E-state index is 13.5. The van der Waals surface area contributed by atoms with Gasteiger partial charge in [0, 0.05) is 20.6 Å². The Labute approximate surface area is 283 Å². The molecule has 0 aliphatic carbocycles. The van der Waals surface area contributed by atoms with E-state index in [1.165, 1.54) is 23.1 Å². The summed E-state index contributed by atoms with van der Waals surface area (Å²) in [5.74, 6) is -0.283. The minimum Gasteiger partial charge on any atom is -0.494 e. The molecule has 1 aromatic heterocycles. The van der Waals surface area contributed by atoms with Crippen LogP contribution in [0.2, 0.25) is 0 Å². The lowest BCUT2D eigenvalue weighted by Gasteiger charge is -2.15. The van der Waals surface area contributed by atoms with Gasteiger partial charge < -0.3 is 20.7 Å². The number of hydrogen-bond donors (Lipinski definition) is 3. The summed E-state index contributed by atoms with van der Waals surface area (Å²) in [7, 11) is 0. The number of aromatic nitrogens is 1. The van der Waals surface area contributed by atoms with Gasteiger partial charge in [0.25, 0.3) is 11.8 Å². The van der Waals surface area contributed by atoms with E-state index in [9.17, 15) is 14.4 Å². The van der Waals surface area contributed by atoms with Crippen molar-refractivity contribution in [3.8, 4) is 5.75 Å². The van der Waals surface area contributed by atoms with Gasteiger partial charge in [-0.05, 0) is 85.6 Å². The van der Waals surface area contributed by atoms with Crippen LogP contribution in [0.15, 0.2) is 112 Å². The maximum Gasteiger partial charge on any atom is 0.272 e. The predicted octanol–water partition coefficient (Wildman–Crippen LogP) is 8.38. The van der Waals surface area contributed by atoms with Crippen molar-refractivity contribution in [2.75, 3.05) is 17.2 Å². The molecule has 1 unspecified atom stereocenters. The normalized spacial score (nSPS) is 11.9. The first-order valence-electron chi connectivity index (χ1n) is 14.6. The van der Waals surface area contributed by atoms with E-state index in [0.29, 0.717) is 29.4 Å². The van der Waals surface area contributed by atoms with E-state index < -0.39 is 17.1 Å². The summed E-state index contributed by atoms with van der Waals surface area (Å²) < 4.78 is 7.35. The molecule has 4 aromatic carbocycles. The van der Waals surface area contributed by atoms with Gasteiger partial charge in [0.1, 0.15) is 11.4 Å². The zero-order valence-corrected chi connectivity index (χ0v) is 28.3. The van der Waals surface area contributed by atoms with E-state index in [2.05, 4.69) is 36.9 Å². The van der Waals surface area contributed by atoms with E-state index in [1.54, 1.807) is 42.5 Å². The molecule has 11 heteroatoms. The number of thiazole rings is 1. The highest BCUT2D eigenvalue weighted by Gasteiger charge is 2.21. The van der Waals surface area contributed by atoms with E-state index in [1.807, 2.05) is 74.5 Å². The van der Waals surface area contributed by atoms with Gasteiger partial charge in [-0.2, -0.15) is 0 Å². The topological polar surface area (TPSA) is 109 Å². The smallest absolute Gasteiger partial charge is 0.272 e. The molecule has 0 aliphatic rings. The third kappa shape index (κ3) is 8.84. The molecule has 3 amide bonds. The van der Waals surface area contributed by atoms with Gasteiger partial charge in [-0.3, -0.25) is 14.4 Å². The second-order valence-electron chi connectivity index (χ2n) is 10.0. The summed E-state index contributed by atoms with van der Waals surface area (Å²) in [6.45, 7) is 4.45. The van der Waals surface area contributed by atoms with Crippen molar-refractivity contribution in [2.24, 2.45) is 0 Å². The lowest BCUT2D eigenvalue weighted by Crippen LogP contribution is -2.30. The number of nitrogens with zero attached hydrogens (tertiary/aromatic N) is 1. The van der Waals surface area contributed by atoms with Crippen molar-refractivity contribution in [1.29, 1.82) is 0 Å². The maximum absolute atomic E-state index is 13.5. The third-order valence-electron chi connectivity index (χ3n) is 6.62. The highest BCUT2D eigenvalue weighted by Crippen LogP contribution is 2.32. The molecule has 5 aromatic rings. The van der Waals surface area contributed by atoms with Crippen LogP contribution in [0.25, 0.3) is 16.3 Å². The Morgan fingerprint density at radius 1 is 0.935 bits per heavy atom. The van der Waals surface area contributed by atoms with Crippen LogP contribution in [0, 0.1) is 0 Å². The molecule has 46 heavy (non-hydrogen) atoms. The molecule has 0 bridgehead atoms. The van der Waals surface area contributed by atoms with Gasteiger partial charge in [-0.15, -0.1) is 11.8 Å². The van der Waals surface area contributed by atoms with Crippen molar-refractivity contribution in [1.82, 2.24) is 10.3 Å². The minimum absolute atomic E-state index is 0.0834. The Morgan fingerprint density at radius 3 is 2.50 bits per heavy atom. The van der Waals surface area contributed by atoms with E-state index in [0.717, 1.165) is 30.9 Å². The molecule has 0 spiro atoms. The molecule has 1 atom stereocenters. The first-order chi connectivity index (χ1) is 22.3. The van der Waals surface area contributed by atoms with Crippen LogP contribution < -0.4 is 20.7 Å². The van der Waals surface area contributed by atoms with Crippen LogP contribution in [-0.4, -0.2) is 34.6 Å². The third-order valence-corrected chi connectivity index (χ3v) is 9.41. The Balaban J connectivity index is 1.28. The standard InChI is InChI=1S/C35H31BrN4O4S2/c1-3-30(34(43)40-35-39-28-17-16-26(44-4-2)21-31(28)46-35)45-27-15-9-14-25(20-27)37-33(42)29(19-22-10-8-13-24(36)18-22)38-32(41)23-11-6-5-7-12-23/h5-21,30H,3-4H2,1-2H3,(H,37,42)(H,38,41)(H,39,40,43)/b29-19+. The van der Waals surface area contributed by atoms with Gasteiger partial charge in [0.2, 0.25) is 5.91 Å². The summed E-state index contributed by atoms with van der Waals surface area (Å²) in [6, 6.07) is 29.0. The number of ether oxygens (including phenoxy) is 1. The van der Waals surface area contributed by atoms with Gasteiger partial charge in [-0.25, -0.2) is 4.98 Å². The number of rotatable bonds is 12. The molecule has 0 saturated heterocycles. The zero-order valence-electron chi connectivity index (χ0n) is 25.1. The zero-order chi connectivity index (χ0) is 32.5. The molecular weight excluding hydrogens is 684 g/mol. The van der Waals surface area contributed by atoms with Crippen LogP contribution in [0.4, 0.5) is 10.8 Å². The number of anilines is 2. The fraction of sp³-hybridized carbons (Fsp3) is 0.143. The summed E-state index contributed by atoms with van der Waals surface area (Å²) >= 11 is 6.25. The number of thioether (sulfide) groups is 1. The molecule has 8 nitrogen and oxygen atoms in total. The van der Waals surface area contributed by atoms with Crippen LogP contribution in [0.3, 0.4) is 0 Å². The minimum atomic E-state index is -0.487. The predicted molar refractivity (Wildman–Crippen MR) is 190 cm³/mol. The molecular formula is C35H31BrN4O4S2. The lowest BCUT2D eigenvalue weighted by atomic mass is 10.1. The van der Waals surface area contributed by atoms with Gasteiger partial charge >= 0.3 is 0 Å². The molecule has 0 radical (unpaired) electrons. The number of benzene rings is 4. The number of halogens is 1. The summed E-state index contributed by atoms with van der Waals surface area (Å²) in [5, 5.41) is 8.75. The van der Waals surface area contributed by atoms with Crippen molar-refractivity contribution in [3.63, 3.8) is 0 Å². The molecule has 234 valence electrons. The highest BCUT2D eigenvalue weighted by molar-refractivity contribution is 9.10. The number of carbonyl (C=O) groups is 3. The Hall–Kier alpha value is -4.45. The summed E-state index contributed by atoms with van der Waals surface area (Å²) in [5.41, 5.74) is 2.56. The Bertz CT molecular complexity index is 1890. The number of hydrogen-bond acceptors (Lipinski definition) is 7. The first-order valence-corrected chi connectivity index (χ1v) is 17.1. The average molecular weight is 716 g/mol. The summed E-state index contributed by atoms with van der Waals surface area (Å²) in [6.07, 6.45) is 2.20. The van der Waals surface area contributed by atoms with Crippen molar-refractivity contribution in [2.45, 2.75) is 30.4 Å². The number of nitrogens with one attached hydrogen (secondary N) is 3. The van der Waals surface area contributed by atoms with E-state index in [-0.39, 0.29) is 11.6 Å². The fourth-order valence-corrected chi connectivity index (χ4v) is 6.77. The SMILES string of the molecule is CCOc1ccc2nc(NC(=O)C(CC)Sc3cccc(NC(=O)/C(=C\c4cccc(Br)c4)NC(=O)c4ccccc4)c3)sc2c1. The molecule has 0 aliphatic heterocycles. The van der Waals surface area contributed by atoms with Crippen LogP contribution >= 0.6 is 39.0 Å². The molecule has 3 N–H and O–H groups in total. The highest BCUT2D eigenvalue weighted by atomic mass is 79.9. The van der Waals surface area contributed by atoms with Gasteiger partial charge in [0.05, 0.1) is 22.1 Å². The monoisotopic (exact) mass is 714 g/mol. The number of carbonyl (C=O) groups excluding carboxylic acids is 3. The quantitative estimate of drug-likeness (QED) is 0.0885. The van der Waals surface area contributed by atoms with Gasteiger partial charge in [0.15, 0.2) is 5.13 Å². The second kappa shape index (κ2) is 15.7. The Kier molecular flexibility index (Phi) is 11.2. The van der Waals surface area contributed by atoms with Gasteiger partial charge in [-0.1, -0.05) is 70.6 Å². The first kappa shape index (κ1) is 32.9.